The number of nitrogens with zero attached hydrogens (tertiary/aromatic N) is 2. The Hall–Kier alpha value is -2.62. The molecule has 0 unspecified atom stereocenters. The van der Waals surface area contributed by atoms with Crippen LogP contribution in [0.3, 0.4) is 0 Å². The predicted molar refractivity (Wildman–Crippen MR) is 101 cm³/mol. The highest BCUT2D eigenvalue weighted by Crippen LogP contribution is 2.31. The van der Waals surface area contributed by atoms with Gasteiger partial charge in [-0.25, -0.2) is 9.18 Å². The Labute approximate surface area is 174 Å². The summed E-state index contributed by atoms with van der Waals surface area (Å²) in [6, 6.07) is 1.78. The maximum Gasteiger partial charge on any atom is 0.418 e. The highest BCUT2D eigenvalue weighted by atomic mass is 35.5. The number of unbranched alkanes of at least 4 members (excludes halogenated alkanes) is 2. The number of esters is 1. The van der Waals surface area contributed by atoms with Gasteiger partial charge >= 0.3 is 12.1 Å². The number of hydrogen-bond acceptors (Lipinski definition) is 5. The molecule has 0 saturated carbocycles. The second kappa shape index (κ2) is 9.92. The van der Waals surface area contributed by atoms with Crippen LogP contribution in [0, 0.1) is 12.7 Å². The monoisotopic (exact) mass is 450 g/mol. The largest absolute Gasteiger partial charge is 0.480 e. The molecule has 0 radical (unpaired) electrons. The summed E-state index contributed by atoms with van der Waals surface area (Å²) in [5, 5.41) is 3.21. The Bertz CT molecular complexity index is 976. The molecular weight excluding hydrogens is 432 g/mol. The van der Waals surface area contributed by atoms with E-state index in [0.29, 0.717) is 17.3 Å². The molecule has 0 aliphatic rings. The van der Waals surface area contributed by atoms with Crippen LogP contribution in [0.5, 0.6) is 5.75 Å². The first kappa shape index (κ1) is 23.7. The molecule has 0 amide bonds. The minimum absolute atomic E-state index is 0.162. The minimum Gasteiger partial charge on any atom is -0.480 e. The number of ether oxygens (including phenoxy) is 2. The third-order valence-electron chi connectivity index (χ3n) is 4.11. The Morgan fingerprint density at radius 1 is 1.27 bits per heavy atom. The molecule has 2 rings (SSSR count). The SMILES string of the molecule is CCCCCOC(=O)COc1cc(-n2ncc(C(F)(F)F)c(C)c2=O)c(F)cc1Cl. The van der Waals surface area contributed by atoms with Gasteiger partial charge < -0.3 is 9.47 Å². The van der Waals surface area contributed by atoms with E-state index < -0.39 is 46.9 Å². The van der Waals surface area contributed by atoms with E-state index in [9.17, 15) is 27.2 Å². The summed E-state index contributed by atoms with van der Waals surface area (Å²) in [6.45, 7) is 2.66. The molecule has 0 fully saturated rings. The van der Waals surface area contributed by atoms with Gasteiger partial charge in [-0.05, 0) is 19.4 Å². The van der Waals surface area contributed by atoms with E-state index in [1.165, 1.54) is 0 Å². The van der Waals surface area contributed by atoms with Gasteiger partial charge in [0.2, 0.25) is 0 Å². The van der Waals surface area contributed by atoms with Gasteiger partial charge in [-0.3, -0.25) is 4.79 Å². The average Bonchev–Trinajstić information content (AvgIpc) is 2.66. The van der Waals surface area contributed by atoms with Crippen LogP contribution in [0.4, 0.5) is 17.6 Å². The van der Waals surface area contributed by atoms with E-state index in [-0.39, 0.29) is 17.4 Å². The summed E-state index contributed by atoms with van der Waals surface area (Å²) in [5.41, 5.74) is -3.51. The fourth-order valence-corrected chi connectivity index (χ4v) is 2.71. The number of rotatable bonds is 8. The molecule has 2 aromatic rings. The van der Waals surface area contributed by atoms with Crippen LogP contribution in [0.2, 0.25) is 5.02 Å². The number of alkyl halides is 3. The maximum absolute atomic E-state index is 14.3. The van der Waals surface area contributed by atoms with Crippen LogP contribution in [0.15, 0.2) is 23.1 Å². The number of benzene rings is 1. The van der Waals surface area contributed by atoms with Crippen molar-refractivity contribution in [3.8, 4) is 11.4 Å². The Morgan fingerprint density at radius 3 is 2.60 bits per heavy atom. The highest BCUT2D eigenvalue weighted by Gasteiger charge is 2.34. The van der Waals surface area contributed by atoms with Crippen molar-refractivity contribution in [1.82, 2.24) is 9.78 Å². The molecule has 0 N–H and O–H groups in total. The Morgan fingerprint density at radius 2 is 1.97 bits per heavy atom. The zero-order chi connectivity index (χ0) is 22.5. The molecule has 1 aromatic carbocycles. The lowest BCUT2D eigenvalue weighted by atomic mass is 10.2. The van der Waals surface area contributed by atoms with Gasteiger partial charge in [0.1, 0.15) is 11.4 Å². The molecule has 164 valence electrons. The van der Waals surface area contributed by atoms with Crippen molar-refractivity contribution in [2.75, 3.05) is 13.2 Å². The van der Waals surface area contributed by atoms with Crippen LogP contribution in [0.25, 0.3) is 5.69 Å². The fraction of sp³-hybridized carbons (Fsp3) is 0.421. The second-order valence-corrected chi connectivity index (χ2v) is 6.76. The summed E-state index contributed by atoms with van der Waals surface area (Å²) < 4.78 is 63.8. The molecule has 0 aliphatic heterocycles. The lowest BCUT2D eigenvalue weighted by Crippen LogP contribution is -2.28. The summed E-state index contributed by atoms with van der Waals surface area (Å²) in [7, 11) is 0. The molecule has 0 spiro atoms. The third kappa shape index (κ3) is 5.71. The molecule has 11 heteroatoms. The smallest absolute Gasteiger partial charge is 0.418 e. The van der Waals surface area contributed by atoms with Gasteiger partial charge in [-0.2, -0.15) is 23.0 Å². The first-order chi connectivity index (χ1) is 14.1. The van der Waals surface area contributed by atoms with Gasteiger partial charge in [0.05, 0.1) is 23.4 Å². The van der Waals surface area contributed by atoms with Crippen molar-refractivity contribution < 1.29 is 31.8 Å². The molecule has 0 atom stereocenters. The molecule has 1 aromatic heterocycles. The van der Waals surface area contributed by atoms with Crippen molar-refractivity contribution in [3.63, 3.8) is 0 Å². The zero-order valence-corrected chi connectivity index (χ0v) is 16.9. The quantitative estimate of drug-likeness (QED) is 0.337. The number of halogens is 5. The van der Waals surface area contributed by atoms with E-state index in [1.54, 1.807) is 0 Å². The van der Waals surface area contributed by atoms with E-state index in [2.05, 4.69) is 5.10 Å². The van der Waals surface area contributed by atoms with Gasteiger partial charge in [0.25, 0.3) is 5.56 Å². The van der Waals surface area contributed by atoms with Crippen LogP contribution in [-0.4, -0.2) is 29.0 Å². The molecular formula is C19H19ClF4N2O4. The lowest BCUT2D eigenvalue weighted by Gasteiger charge is -2.14. The van der Waals surface area contributed by atoms with Gasteiger partial charge in [0.15, 0.2) is 12.4 Å². The second-order valence-electron chi connectivity index (χ2n) is 6.35. The fourth-order valence-electron chi connectivity index (χ4n) is 2.50. The van der Waals surface area contributed by atoms with Crippen molar-refractivity contribution in [2.24, 2.45) is 0 Å². The number of aromatic nitrogens is 2. The Balaban J connectivity index is 2.26. The first-order valence-electron chi connectivity index (χ1n) is 9.00. The highest BCUT2D eigenvalue weighted by molar-refractivity contribution is 6.32. The molecule has 1 heterocycles. The van der Waals surface area contributed by atoms with Crippen LogP contribution in [-0.2, 0) is 15.7 Å². The summed E-state index contributed by atoms with van der Waals surface area (Å²) in [5.74, 6) is -1.85. The van der Waals surface area contributed by atoms with Gasteiger partial charge in [-0.1, -0.05) is 31.4 Å². The molecule has 0 saturated heterocycles. The van der Waals surface area contributed by atoms with Crippen LogP contribution < -0.4 is 10.3 Å². The number of hydrogen-bond donors (Lipinski definition) is 0. The zero-order valence-electron chi connectivity index (χ0n) is 16.2. The normalized spacial score (nSPS) is 11.4. The van der Waals surface area contributed by atoms with Crippen LogP contribution >= 0.6 is 11.6 Å². The summed E-state index contributed by atoms with van der Waals surface area (Å²) >= 11 is 5.90. The maximum atomic E-state index is 14.3. The van der Waals surface area contributed by atoms with Gasteiger partial charge in [0, 0.05) is 11.6 Å². The van der Waals surface area contributed by atoms with E-state index in [4.69, 9.17) is 21.1 Å². The van der Waals surface area contributed by atoms with Gasteiger partial charge in [-0.15, -0.1) is 0 Å². The first-order valence-corrected chi connectivity index (χ1v) is 9.38. The van der Waals surface area contributed by atoms with Crippen LogP contribution in [0.1, 0.15) is 37.3 Å². The standard InChI is InChI=1S/C19H19ClF4N2O4/c1-3-4-5-6-29-17(27)10-30-16-8-15(14(21)7-13(16)20)26-18(28)11(2)12(9-25-26)19(22,23)24/h7-9H,3-6,10H2,1-2H3. The molecule has 0 bridgehead atoms. The summed E-state index contributed by atoms with van der Waals surface area (Å²) in [6.07, 6.45) is -1.79. The third-order valence-corrected chi connectivity index (χ3v) is 4.41. The Kier molecular flexibility index (Phi) is 7.83. The molecule has 30 heavy (non-hydrogen) atoms. The summed E-state index contributed by atoms with van der Waals surface area (Å²) in [4.78, 5) is 24.0. The van der Waals surface area contributed by atoms with E-state index in [1.807, 2.05) is 6.92 Å². The molecule has 6 nitrogen and oxygen atoms in total. The van der Waals surface area contributed by atoms with Crippen molar-refractivity contribution >= 4 is 17.6 Å². The van der Waals surface area contributed by atoms with E-state index in [0.717, 1.165) is 31.9 Å². The molecule has 0 aliphatic carbocycles. The average molecular weight is 451 g/mol. The minimum atomic E-state index is -4.78. The van der Waals surface area contributed by atoms with Crippen molar-refractivity contribution in [3.05, 3.63) is 50.7 Å². The number of carbonyl (C=O) groups is 1. The van der Waals surface area contributed by atoms with E-state index >= 15 is 0 Å². The number of carbonyl (C=O) groups excluding carboxylic acids is 1. The predicted octanol–water partition coefficient (Wildman–Crippen LogP) is 4.46. The lowest BCUT2D eigenvalue weighted by molar-refractivity contribution is -0.146. The van der Waals surface area contributed by atoms with Crippen molar-refractivity contribution in [1.29, 1.82) is 0 Å². The van der Waals surface area contributed by atoms with Crippen molar-refractivity contribution in [2.45, 2.75) is 39.3 Å². The topological polar surface area (TPSA) is 70.4 Å².